The third kappa shape index (κ3) is 9.18. The Hall–Kier alpha value is -2.43. The molecule has 8 nitrogen and oxygen atoms in total. The van der Waals surface area contributed by atoms with Gasteiger partial charge in [0.25, 0.3) is 5.91 Å². The number of thiol groups is 1. The van der Waals surface area contributed by atoms with Gasteiger partial charge in [0, 0.05) is 72.7 Å². The van der Waals surface area contributed by atoms with Gasteiger partial charge in [0.1, 0.15) is 5.75 Å². The van der Waals surface area contributed by atoms with Crippen molar-refractivity contribution in [3.63, 3.8) is 0 Å². The van der Waals surface area contributed by atoms with Crippen LogP contribution in [0.4, 0.5) is 5.69 Å². The normalized spacial score (nSPS) is 29.2. The van der Waals surface area contributed by atoms with Crippen molar-refractivity contribution < 1.29 is 18.5 Å². The molecule has 1 aliphatic carbocycles. The van der Waals surface area contributed by atoms with E-state index < -0.39 is 16.5 Å². The number of nitrogens with zero attached hydrogens (tertiary/aromatic N) is 4. The maximum atomic E-state index is 13.3. The van der Waals surface area contributed by atoms with Crippen LogP contribution >= 0.6 is 11.6 Å². The zero-order valence-electron chi connectivity index (χ0n) is 28.0. The summed E-state index contributed by atoms with van der Waals surface area (Å²) >= 11 is 6.48. The van der Waals surface area contributed by atoms with Crippen molar-refractivity contribution in [2.75, 3.05) is 70.2 Å². The first-order chi connectivity index (χ1) is 22.8. The zero-order valence-corrected chi connectivity index (χ0v) is 29.6. The molecular weight excluding hydrogens is 632 g/mol. The van der Waals surface area contributed by atoms with E-state index >= 15 is 0 Å². The number of benzene rings is 2. The minimum Gasteiger partial charge on any atom is -0.491 e. The molecule has 3 heterocycles. The van der Waals surface area contributed by atoms with E-state index in [1.54, 1.807) is 6.07 Å². The Bertz CT molecular complexity index is 1500. The molecule has 3 aliphatic heterocycles. The highest BCUT2D eigenvalue weighted by Crippen LogP contribution is 2.42. The van der Waals surface area contributed by atoms with E-state index in [1.807, 2.05) is 18.2 Å². The van der Waals surface area contributed by atoms with Gasteiger partial charge in [-0.3, -0.25) is 13.9 Å². The van der Waals surface area contributed by atoms with Gasteiger partial charge in [0.15, 0.2) is 0 Å². The largest absolute Gasteiger partial charge is 0.491 e. The number of aryl methyl sites for hydroxylation is 1. The van der Waals surface area contributed by atoms with Crippen molar-refractivity contribution in [3.05, 3.63) is 70.3 Å². The maximum absolute atomic E-state index is 13.3. The summed E-state index contributed by atoms with van der Waals surface area (Å²) in [7, 11) is 0.171. The number of hydrogen-bond acceptors (Lipinski definition) is 7. The monoisotopic (exact) mass is 682 g/mol. The van der Waals surface area contributed by atoms with Crippen LogP contribution in [-0.2, 0) is 28.3 Å². The molecule has 0 aromatic heterocycles. The number of allylic oxidation sites excluding steroid dienone is 1. The first-order valence-corrected chi connectivity index (χ1v) is 19.3. The molecule has 2 aromatic rings. The van der Waals surface area contributed by atoms with E-state index in [4.69, 9.17) is 21.1 Å². The first kappa shape index (κ1) is 34.4. The van der Waals surface area contributed by atoms with Crippen LogP contribution in [0.25, 0.3) is 0 Å². The zero-order chi connectivity index (χ0) is 32.8. The molecule has 1 saturated carbocycles. The highest BCUT2D eigenvalue weighted by molar-refractivity contribution is 7.75. The number of rotatable bonds is 4. The van der Waals surface area contributed by atoms with Crippen molar-refractivity contribution in [2.24, 2.45) is 22.1 Å². The highest BCUT2D eigenvalue weighted by Gasteiger charge is 2.38. The van der Waals surface area contributed by atoms with Crippen molar-refractivity contribution in [2.45, 2.75) is 58.1 Å². The van der Waals surface area contributed by atoms with Gasteiger partial charge in [0.05, 0.1) is 25.0 Å². The van der Waals surface area contributed by atoms with Gasteiger partial charge in [-0.05, 0) is 105 Å². The number of carbonyl (C=O) groups excluding carboxylic acids is 1. The summed E-state index contributed by atoms with van der Waals surface area (Å²) in [6, 6.07) is 11.8. The lowest BCUT2D eigenvalue weighted by molar-refractivity contribution is -0.0234. The Morgan fingerprint density at radius 3 is 2.72 bits per heavy atom. The van der Waals surface area contributed by atoms with Gasteiger partial charge in [-0.2, -0.15) is 4.36 Å². The molecule has 2 aromatic carbocycles. The fraction of sp³-hybridized carbons (Fsp3) is 0.595. The number of piperazine rings is 1. The third-order valence-corrected chi connectivity index (χ3v) is 12.0. The summed E-state index contributed by atoms with van der Waals surface area (Å²) in [4.78, 5) is 20.6. The lowest BCUT2D eigenvalue weighted by Crippen LogP contribution is -2.46. The summed E-state index contributed by atoms with van der Waals surface area (Å²) < 4.78 is 30.3. The SMILES string of the molecule is C[C@H]1C/C=C/[C@H](OCCN2CCN(C)CC2)[C@@H]2CC[C@H]2CN2Cc3ccc(Cl)cc3CCCCOc3ccc(cc32)C(=O)/N=[SH](=O)\C1. The highest BCUT2D eigenvalue weighted by atomic mass is 35.5. The topological polar surface area (TPSA) is 74.7 Å². The van der Waals surface area contributed by atoms with Gasteiger partial charge >= 0.3 is 0 Å². The number of likely N-dealkylation sites (N-methyl/N-ethyl adjacent to an activating group) is 1. The van der Waals surface area contributed by atoms with E-state index in [0.29, 0.717) is 42.9 Å². The minimum absolute atomic E-state index is 0.0263. The lowest BCUT2D eigenvalue weighted by atomic mass is 9.70. The second-order valence-corrected chi connectivity index (χ2v) is 15.7. The standard InChI is InChI=1S/C37H51ClN4O4S/c1-27-6-5-8-35(46-21-19-41-17-15-40(2)16-18-41)33-13-10-31(33)25-42-24-30-9-12-32(38)22-28(30)7-3-4-20-45-36-14-11-29(23-34(36)42)37(43)39-47(44)26-27/h5,8-9,11-12,14,22-23,27,31,33,35,47H,3-4,6-7,10,13,15-21,24-26H2,1-2H3/b8-5+/t27-,31-,33+,35-/m0/s1. The summed E-state index contributed by atoms with van der Waals surface area (Å²) in [6.45, 7) is 10.2. The smallest absolute Gasteiger partial charge is 0.284 e. The maximum Gasteiger partial charge on any atom is 0.284 e. The number of hydrogen-bond donors (Lipinski definition) is 1. The fourth-order valence-corrected chi connectivity index (χ4v) is 8.57. The molecule has 4 aliphatic rings. The Labute approximate surface area is 287 Å². The Morgan fingerprint density at radius 1 is 1.06 bits per heavy atom. The van der Waals surface area contributed by atoms with Crippen LogP contribution in [0.3, 0.4) is 0 Å². The van der Waals surface area contributed by atoms with Crippen LogP contribution in [0.1, 0.15) is 60.5 Å². The predicted octanol–water partition coefficient (Wildman–Crippen LogP) is 6.12. The second-order valence-electron chi connectivity index (χ2n) is 14.0. The van der Waals surface area contributed by atoms with Crippen molar-refractivity contribution >= 4 is 33.8 Å². The van der Waals surface area contributed by atoms with E-state index in [-0.39, 0.29) is 12.0 Å². The van der Waals surface area contributed by atoms with Gasteiger partial charge in [-0.25, -0.2) is 0 Å². The predicted molar refractivity (Wildman–Crippen MR) is 191 cm³/mol. The number of halogens is 1. The van der Waals surface area contributed by atoms with Gasteiger partial charge < -0.3 is 19.3 Å². The van der Waals surface area contributed by atoms with Gasteiger partial charge in [0.2, 0.25) is 0 Å². The number of amides is 1. The average molecular weight is 683 g/mol. The number of fused-ring (bicyclic) bond motifs is 3. The van der Waals surface area contributed by atoms with Crippen molar-refractivity contribution in [1.82, 2.24) is 9.80 Å². The summed E-state index contributed by atoms with van der Waals surface area (Å²) in [6.07, 6.45) is 10.4. The van der Waals surface area contributed by atoms with E-state index in [2.05, 4.69) is 57.3 Å². The molecule has 0 N–H and O–H groups in total. The number of ether oxygens (including phenoxy) is 2. The molecule has 6 rings (SSSR count). The number of anilines is 1. The van der Waals surface area contributed by atoms with E-state index in [1.165, 1.54) is 11.1 Å². The minimum atomic E-state index is -2.02. The molecular formula is C37H51ClN4O4S. The van der Waals surface area contributed by atoms with Gasteiger partial charge in [-0.1, -0.05) is 36.7 Å². The molecule has 2 fully saturated rings. The molecule has 256 valence electrons. The molecule has 1 saturated heterocycles. The number of carbonyl (C=O) groups is 1. The van der Waals surface area contributed by atoms with Crippen LogP contribution in [0, 0.1) is 17.8 Å². The van der Waals surface area contributed by atoms with Crippen molar-refractivity contribution in [1.29, 1.82) is 0 Å². The van der Waals surface area contributed by atoms with Crippen LogP contribution in [0.5, 0.6) is 5.75 Å². The molecule has 2 bridgehead atoms. The molecule has 1 unspecified atom stereocenters. The Kier molecular flexibility index (Phi) is 12.0. The molecule has 47 heavy (non-hydrogen) atoms. The van der Waals surface area contributed by atoms with Crippen LogP contribution in [0.2, 0.25) is 5.02 Å². The molecule has 1 amide bonds. The van der Waals surface area contributed by atoms with Crippen LogP contribution < -0.4 is 9.64 Å². The van der Waals surface area contributed by atoms with Crippen molar-refractivity contribution in [3.8, 4) is 5.75 Å². The first-order valence-electron chi connectivity index (χ1n) is 17.5. The molecule has 0 spiro atoms. The summed E-state index contributed by atoms with van der Waals surface area (Å²) in [5, 5.41) is 0.753. The van der Waals surface area contributed by atoms with Gasteiger partial charge in [-0.15, -0.1) is 0 Å². The Morgan fingerprint density at radius 2 is 1.91 bits per heavy atom. The van der Waals surface area contributed by atoms with Crippen LogP contribution in [-0.4, -0.2) is 91.3 Å². The second kappa shape index (κ2) is 16.3. The fourth-order valence-electron chi connectivity index (χ4n) is 7.29. The summed E-state index contributed by atoms with van der Waals surface area (Å²) in [5.41, 5.74) is 3.84. The van der Waals surface area contributed by atoms with E-state index in [9.17, 15) is 9.00 Å². The molecule has 10 heteroatoms. The third-order valence-electron chi connectivity index (χ3n) is 10.4. The quantitative estimate of drug-likeness (QED) is 0.308. The molecule has 0 radical (unpaired) electrons. The average Bonchev–Trinajstić information content (AvgIpc) is 3.06. The summed E-state index contributed by atoms with van der Waals surface area (Å²) in [5.74, 6) is 1.68. The molecule has 5 atom stereocenters. The Balaban J connectivity index is 1.32. The van der Waals surface area contributed by atoms with E-state index in [0.717, 1.165) is 94.3 Å². The van der Waals surface area contributed by atoms with Crippen LogP contribution in [0.15, 0.2) is 52.9 Å². The lowest BCUT2D eigenvalue weighted by Gasteiger charge is -2.44.